The second-order valence-electron chi connectivity index (χ2n) is 2.78. The Balaban J connectivity index is 0. The van der Waals surface area contributed by atoms with Crippen LogP contribution < -0.4 is 22.0 Å². The molecule has 0 aliphatic rings. The van der Waals surface area contributed by atoms with Crippen molar-refractivity contribution < 1.29 is 13.8 Å². The molecular formula is C7H22N4NaO3P. The van der Waals surface area contributed by atoms with Gasteiger partial charge in [0.15, 0.2) is 0 Å². The van der Waals surface area contributed by atoms with Gasteiger partial charge in [0.1, 0.15) is 0 Å². The summed E-state index contributed by atoms with van der Waals surface area (Å²) in [7, 11) is -2.48. The normalized spacial score (nSPS) is 12.1. The van der Waals surface area contributed by atoms with Gasteiger partial charge in [0, 0.05) is 32.7 Å². The summed E-state index contributed by atoms with van der Waals surface area (Å²) in [6.07, 6.45) is 0.908. The SMILES string of the molecule is CCCNO[PH](=O)ONCCNCCN.[NaH]. The predicted molar refractivity (Wildman–Crippen MR) is 66.5 cm³/mol. The fourth-order valence-electron chi connectivity index (χ4n) is 0.709. The molecule has 5 N–H and O–H groups in total. The van der Waals surface area contributed by atoms with Gasteiger partial charge >= 0.3 is 37.8 Å². The van der Waals surface area contributed by atoms with Crippen LogP contribution >= 0.6 is 8.25 Å². The number of nitrogens with two attached hydrogens (primary N) is 1. The average Bonchev–Trinajstić information content (AvgIpc) is 2.23. The van der Waals surface area contributed by atoms with Crippen molar-refractivity contribution >= 4 is 37.8 Å². The van der Waals surface area contributed by atoms with E-state index >= 15 is 0 Å². The molecule has 0 radical (unpaired) electrons. The van der Waals surface area contributed by atoms with E-state index in [0.29, 0.717) is 26.2 Å². The molecule has 0 aromatic carbocycles. The summed E-state index contributed by atoms with van der Waals surface area (Å²) in [4.78, 5) is 0. The molecule has 1 unspecified atom stereocenters. The van der Waals surface area contributed by atoms with E-state index in [1.165, 1.54) is 0 Å². The van der Waals surface area contributed by atoms with Gasteiger partial charge < -0.3 is 11.1 Å². The van der Waals surface area contributed by atoms with Crippen molar-refractivity contribution in [2.24, 2.45) is 5.73 Å². The van der Waals surface area contributed by atoms with E-state index in [1.807, 2.05) is 6.92 Å². The monoisotopic (exact) mass is 264 g/mol. The van der Waals surface area contributed by atoms with Crippen LogP contribution in [-0.4, -0.2) is 62.3 Å². The Morgan fingerprint density at radius 3 is 2.31 bits per heavy atom. The third-order valence-electron chi connectivity index (χ3n) is 1.39. The van der Waals surface area contributed by atoms with E-state index in [9.17, 15) is 4.57 Å². The molecule has 1 atom stereocenters. The van der Waals surface area contributed by atoms with Gasteiger partial charge in [-0.1, -0.05) is 6.92 Å². The summed E-state index contributed by atoms with van der Waals surface area (Å²) in [5, 5.41) is 3.05. The van der Waals surface area contributed by atoms with E-state index in [1.54, 1.807) is 0 Å². The standard InChI is InChI=1S/C7H21N4O3P.Na.H/c1-2-4-10-13-15(12)14-11-7-6-9-5-3-8;;/h9-11,15H,2-8H2,1H3;;. The third kappa shape index (κ3) is 15.0. The van der Waals surface area contributed by atoms with Gasteiger partial charge in [0.05, 0.1) is 0 Å². The molecule has 16 heavy (non-hydrogen) atoms. The molecule has 7 nitrogen and oxygen atoms in total. The van der Waals surface area contributed by atoms with E-state index in [2.05, 4.69) is 20.9 Å². The molecule has 9 heteroatoms. The predicted octanol–water partition coefficient (Wildman–Crippen LogP) is -1.27. The average molecular weight is 264 g/mol. The molecule has 94 valence electrons. The second-order valence-corrected chi connectivity index (χ2v) is 3.69. The minimum atomic E-state index is -2.48. The Morgan fingerprint density at radius 1 is 1.12 bits per heavy atom. The van der Waals surface area contributed by atoms with Crippen LogP contribution in [0.25, 0.3) is 0 Å². The van der Waals surface area contributed by atoms with Crippen LogP contribution in [0.1, 0.15) is 13.3 Å². The van der Waals surface area contributed by atoms with Crippen molar-refractivity contribution in [3.8, 4) is 0 Å². The number of rotatable bonds is 11. The summed E-state index contributed by atoms with van der Waals surface area (Å²) in [5.41, 5.74) is 10.3. The molecule has 0 saturated heterocycles. The molecule has 0 aliphatic heterocycles. The molecule has 0 aromatic heterocycles. The van der Waals surface area contributed by atoms with Crippen molar-refractivity contribution in [2.75, 3.05) is 32.7 Å². The third-order valence-corrected chi connectivity index (χ3v) is 2.01. The van der Waals surface area contributed by atoms with Crippen molar-refractivity contribution in [1.82, 2.24) is 16.3 Å². The van der Waals surface area contributed by atoms with Crippen molar-refractivity contribution in [2.45, 2.75) is 13.3 Å². The number of nitrogens with one attached hydrogen (secondary N) is 3. The Labute approximate surface area is 119 Å². The van der Waals surface area contributed by atoms with Crippen LogP contribution in [0.15, 0.2) is 0 Å². The molecule has 0 spiro atoms. The Bertz CT molecular complexity index is 167. The van der Waals surface area contributed by atoms with E-state index < -0.39 is 8.25 Å². The van der Waals surface area contributed by atoms with Crippen molar-refractivity contribution in [3.05, 3.63) is 0 Å². The first kappa shape index (κ1) is 19.3. The van der Waals surface area contributed by atoms with Gasteiger partial charge in [-0.3, -0.25) is 4.57 Å². The summed E-state index contributed by atoms with van der Waals surface area (Å²) in [6, 6.07) is 0. The Hall–Kier alpha value is 0.990. The first-order chi connectivity index (χ1) is 7.31. The minimum absolute atomic E-state index is 0. The molecular weight excluding hydrogens is 242 g/mol. The number of hydroxylamine groups is 2. The Morgan fingerprint density at radius 2 is 1.75 bits per heavy atom. The molecule has 0 aliphatic carbocycles. The summed E-state index contributed by atoms with van der Waals surface area (Å²) < 4.78 is 20.4. The van der Waals surface area contributed by atoms with E-state index in [4.69, 9.17) is 10.4 Å². The van der Waals surface area contributed by atoms with Crippen LogP contribution in [0.4, 0.5) is 0 Å². The van der Waals surface area contributed by atoms with Crippen LogP contribution in [0.5, 0.6) is 0 Å². The number of hydrogen-bond acceptors (Lipinski definition) is 7. The van der Waals surface area contributed by atoms with Gasteiger partial charge in [0.25, 0.3) is 0 Å². The summed E-state index contributed by atoms with van der Waals surface area (Å²) >= 11 is 0. The first-order valence-corrected chi connectivity index (χ1v) is 6.27. The fourth-order valence-corrected chi connectivity index (χ4v) is 1.19. The van der Waals surface area contributed by atoms with Crippen LogP contribution in [0.3, 0.4) is 0 Å². The molecule has 0 saturated carbocycles. The zero-order chi connectivity index (χ0) is 11.4. The molecule has 0 heterocycles. The van der Waals surface area contributed by atoms with Gasteiger partial charge in [-0.05, 0) is 6.42 Å². The fraction of sp³-hybridized carbons (Fsp3) is 1.00. The van der Waals surface area contributed by atoms with Crippen LogP contribution in [0, 0.1) is 0 Å². The second kappa shape index (κ2) is 16.0. The first-order valence-electron chi connectivity index (χ1n) is 5.05. The topological polar surface area (TPSA) is 97.6 Å². The zero-order valence-corrected chi connectivity index (χ0v) is 10.0. The Kier molecular flexibility index (Phi) is 19.3. The molecule has 0 bridgehead atoms. The quantitative estimate of drug-likeness (QED) is 0.160. The van der Waals surface area contributed by atoms with Crippen LogP contribution in [-0.2, 0) is 13.8 Å². The molecule has 0 rings (SSSR count). The van der Waals surface area contributed by atoms with Gasteiger partial charge in [-0.15, -0.1) is 0 Å². The summed E-state index contributed by atoms with van der Waals surface area (Å²) in [5.74, 6) is 0. The van der Waals surface area contributed by atoms with Gasteiger partial charge in [-0.25, -0.2) is 9.25 Å². The van der Waals surface area contributed by atoms with Crippen LogP contribution in [0.2, 0.25) is 0 Å². The maximum absolute atomic E-state index is 11.0. The summed E-state index contributed by atoms with van der Waals surface area (Å²) in [6.45, 7) is 5.24. The zero-order valence-electron chi connectivity index (χ0n) is 9.04. The maximum atomic E-state index is 11.0. The van der Waals surface area contributed by atoms with Crippen molar-refractivity contribution in [1.29, 1.82) is 0 Å². The molecule has 0 amide bonds. The van der Waals surface area contributed by atoms with E-state index in [-0.39, 0.29) is 29.6 Å². The van der Waals surface area contributed by atoms with Gasteiger partial charge in [-0.2, -0.15) is 11.0 Å². The molecule has 0 fully saturated rings. The number of hydrogen-bond donors (Lipinski definition) is 4. The van der Waals surface area contributed by atoms with Gasteiger partial charge in [0.2, 0.25) is 0 Å². The van der Waals surface area contributed by atoms with E-state index in [0.717, 1.165) is 13.0 Å². The molecule has 0 aromatic rings. The van der Waals surface area contributed by atoms with Crippen molar-refractivity contribution in [3.63, 3.8) is 0 Å².